The van der Waals surface area contributed by atoms with Crippen molar-refractivity contribution in [2.75, 3.05) is 11.9 Å². The summed E-state index contributed by atoms with van der Waals surface area (Å²) in [7, 11) is 0. The number of unbranched alkanes of at least 4 members (excludes halogenated alkanes) is 4. The Labute approximate surface area is 197 Å². The van der Waals surface area contributed by atoms with Gasteiger partial charge in [0.25, 0.3) is 0 Å². The predicted molar refractivity (Wildman–Crippen MR) is 125 cm³/mol. The third-order valence-electron chi connectivity index (χ3n) is 5.35. The number of urea groups is 1. The molecule has 0 aliphatic heterocycles. The van der Waals surface area contributed by atoms with Crippen molar-refractivity contribution in [1.82, 2.24) is 9.47 Å². The molecule has 1 N–H and O–H groups in total. The highest BCUT2D eigenvalue weighted by Gasteiger charge is 2.20. The van der Waals surface area contributed by atoms with Crippen LogP contribution in [0.25, 0.3) is 5.69 Å². The smallest absolute Gasteiger partial charge is 0.319 e. The summed E-state index contributed by atoms with van der Waals surface area (Å²) in [6, 6.07) is 11.5. The molecule has 0 atom stereocenters. The van der Waals surface area contributed by atoms with Gasteiger partial charge in [0.05, 0.1) is 6.54 Å². The first-order valence-corrected chi connectivity index (χ1v) is 11.4. The normalized spacial score (nSPS) is 10.9. The summed E-state index contributed by atoms with van der Waals surface area (Å²) in [6.45, 7) is 2.75. The van der Waals surface area contributed by atoms with Gasteiger partial charge in [-0.05, 0) is 42.8 Å². The summed E-state index contributed by atoms with van der Waals surface area (Å²) >= 11 is 5.99. The van der Waals surface area contributed by atoms with Crippen molar-refractivity contribution in [3.05, 3.63) is 82.9 Å². The number of carbonyl (C=O) groups excluding carboxylic acids is 1. The van der Waals surface area contributed by atoms with Crippen LogP contribution in [0.3, 0.4) is 0 Å². The lowest BCUT2D eigenvalue weighted by Crippen LogP contribution is -2.36. The van der Waals surface area contributed by atoms with Crippen molar-refractivity contribution >= 4 is 23.3 Å². The number of aromatic nitrogens is 1. The number of halogens is 4. The van der Waals surface area contributed by atoms with Crippen LogP contribution in [0.15, 0.2) is 54.7 Å². The molecule has 2 amide bonds. The SMILES string of the molecule is CCCCCCCN(Cc1cccn1-c1ccc(Cl)cc1)C(=O)Nc1c(F)cc(F)cc1F. The van der Waals surface area contributed by atoms with Crippen molar-refractivity contribution in [2.45, 2.75) is 45.6 Å². The molecule has 0 unspecified atom stereocenters. The molecule has 0 spiro atoms. The number of anilines is 1. The molecule has 0 fully saturated rings. The van der Waals surface area contributed by atoms with E-state index in [9.17, 15) is 18.0 Å². The van der Waals surface area contributed by atoms with E-state index in [2.05, 4.69) is 12.2 Å². The molecule has 3 rings (SSSR count). The number of amides is 2. The Morgan fingerprint density at radius 2 is 1.67 bits per heavy atom. The molecule has 0 aliphatic rings. The fourth-order valence-electron chi connectivity index (χ4n) is 3.60. The molecule has 0 aliphatic carbocycles. The highest BCUT2D eigenvalue weighted by molar-refractivity contribution is 6.30. The van der Waals surface area contributed by atoms with E-state index in [1.54, 1.807) is 12.1 Å². The maximum Gasteiger partial charge on any atom is 0.322 e. The van der Waals surface area contributed by atoms with Crippen molar-refractivity contribution in [2.24, 2.45) is 0 Å². The molecular weight excluding hydrogens is 451 g/mol. The number of carbonyl (C=O) groups is 1. The minimum absolute atomic E-state index is 0.222. The Morgan fingerprint density at radius 1 is 1.00 bits per heavy atom. The summed E-state index contributed by atoms with van der Waals surface area (Å²) in [5, 5.41) is 2.90. The first-order chi connectivity index (χ1) is 15.9. The fraction of sp³-hybridized carbons (Fsp3) is 0.320. The second kappa shape index (κ2) is 11.8. The molecule has 176 valence electrons. The quantitative estimate of drug-likeness (QED) is 0.301. The maximum atomic E-state index is 14.1. The van der Waals surface area contributed by atoms with E-state index in [1.165, 1.54) is 4.90 Å². The minimum atomic E-state index is -1.16. The summed E-state index contributed by atoms with van der Waals surface area (Å²) < 4.78 is 43.4. The Hall–Kier alpha value is -2.93. The molecule has 1 heterocycles. The summed E-state index contributed by atoms with van der Waals surface area (Å²) in [5.41, 5.74) is 1.03. The number of hydrogen-bond donors (Lipinski definition) is 1. The van der Waals surface area contributed by atoms with E-state index >= 15 is 0 Å². The molecule has 33 heavy (non-hydrogen) atoms. The van der Waals surface area contributed by atoms with Crippen LogP contribution >= 0.6 is 11.6 Å². The number of rotatable bonds is 10. The molecule has 2 aromatic carbocycles. The second-order valence-electron chi connectivity index (χ2n) is 7.86. The summed E-state index contributed by atoms with van der Waals surface area (Å²) in [5.74, 6) is -3.36. The van der Waals surface area contributed by atoms with Gasteiger partial charge >= 0.3 is 6.03 Å². The lowest BCUT2D eigenvalue weighted by atomic mass is 10.1. The van der Waals surface area contributed by atoms with Crippen LogP contribution in [0.5, 0.6) is 0 Å². The van der Waals surface area contributed by atoms with Crippen LogP contribution in [0.1, 0.15) is 44.7 Å². The number of hydrogen-bond acceptors (Lipinski definition) is 1. The zero-order chi connectivity index (χ0) is 23.8. The Bertz CT molecular complexity index is 1050. The van der Waals surface area contributed by atoms with Crippen LogP contribution in [-0.2, 0) is 6.54 Å². The van der Waals surface area contributed by atoms with Crippen LogP contribution in [0, 0.1) is 17.5 Å². The molecule has 4 nitrogen and oxygen atoms in total. The van der Waals surface area contributed by atoms with Crippen molar-refractivity contribution in [3.8, 4) is 5.69 Å². The van der Waals surface area contributed by atoms with Gasteiger partial charge in [-0.2, -0.15) is 0 Å². The van der Waals surface area contributed by atoms with E-state index < -0.39 is 29.2 Å². The lowest BCUT2D eigenvalue weighted by molar-refractivity contribution is 0.206. The number of nitrogens with zero attached hydrogens (tertiary/aromatic N) is 2. The van der Waals surface area contributed by atoms with Gasteiger partial charge in [-0.1, -0.05) is 44.2 Å². The molecule has 1 aromatic heterocycles. The third kappa shape index (κ3) is 6.78. The van der Waals surface area contributed by atoms with Crippen LogP contribution in [0.2, 0.25) is 5.02 Å². The Kier molecular flexibility index (Phi) is 8.83. The Morgan fingerprint density at radius 3 is 2.33 bits per heavy atom. The zero-order valence-electron chi connectivity index (χ0n) is 18.5. The molecule has 0 radical (unpaired) electrons. The van der Waals surface area contributed by atoms with Gasteiger partial charge < -0.3 is 14.8 Å². The van der Waals surface area contributed by atoms with Gasteiger partial charge in [0.15, 0.2) is 11.6 Å². The van der Waals surface area contributed by atoms with Crippen molar-refractivity contribution in [1.29, 1.82) is 0 Å². The van der Waals surface area contributed by atoms with E-state index in [0.717, 1.165) is 43.5 Å². The van der Waals surface area contributed by atoms with Crippen molar-refractivity contribution in [3.63, 3.8) is 0 Å². The summed E-state index contributed by atoms with van der Waals surface area (Å²) in [6.07, 6.45) is 6.82. The van der Waals surface area contributed by atoms with Crippen LogP contribution in [0.4, 0.5) is 23.7 Å². The standard InChI is InChI=1S/C25H27ClF3N3O/c1-2-3-4-5-6-13-31(25(33)30-24-22(28)15-19(27)16-23(24)29)17-21-8-7-14-32(21)20-11-9-18(26)10-12-20/h7-12,14-16H,2-6,13,17H2,1H3,(H,30,33). The van der Waals surface area contributed by atoms with Crippen LogP contribution in [-0.4, -0.2) is 22.0 Å². The maximum absolute atomic E-state index is 14.1. The van der Waals surface area contributed by atoms with E-state index in [1.807, 2.05) is 35.0 Å². The second-order valence-corrected chi connectivity index (χ2v) is 8.29. The van der Waals surface area contributed by atoms with Gasteiger partial charge in [0.2, 0.25) is 0 Å². The first kappa shape index (κ1) is 24.7. The third-order valence-corrected chi connectivity index (χ3v) is 5.60. The van der Waals surface area contributed by atoms with Gasteiger partial charge in [-0.15, -0.1) is 0 Å². The zero-order valence-corrected chi connectivity index (χ0v) is 19.2. The van der Waals surface area contributed by atoms with Gasteiger partial charge in [0.1, 0.15) is 11.5 Å². The largest absolute Gasteiger partial charge is 0.322 e. The van der Waals surface area contributed by atoms with Crippen molar-refractivity contribution < 1.29 is 18.0 Å². The van der Waals surface area contributed by atoms with E-state index in [4.69, 9.17) is 11.6 Å². The predicted octanol–water partition coefficient (Wildman–Crippen LogP) is 7.55. The molecular formula is C25H27ClF3N3O. The van der Waals surface area contributed by atoms with Gasteiger partial charge in [-0.25, -0.2) is 18.0 Å². The van der Waals surface area contributed by atoms with Gasteiger partial charge in [-0.3, -0.25) is 0 Å². The molecule has 3 aromatic rings. The van der Waals surface area contributed by atoms with Crippen LogP contribution < -0.4 is 5.32 Å². The monoisotopic (exact) mass is 477 g/mol. The molecule has 0 saturated carbocycles. The number of nitrogens with one attached hydrogen (secondary N) is 1. The molecule has 8 heteroatoms. The highest BCUT2D eigenvalue weighted by atomic mass is 35.5. The molecule has 0 bridgehead atoms. The highest BCUT2D eigenvalue weighted by Crippen LogP contribution is 2.22. The summed E-state index contributed by atoms with van der Waals surface area (Å²) in [4.78, 5) is 14.5. The average Bonchev–Trinajstić information content (AvgIpc) is 3.23. The number of benzene rings is 2. The fourth-order valence-corrected chi connectivity index (χ4v) is 3.73. The lowest BCUT2D eigenvalue weighted by Gasteiger charge is -2.24. The van der Waals surface area contributed by atoms with E-state index in [0.29, 0.717) is 23.7 Å². The molecule has 0 saturated heterocycles. The topological polar surface area (TPSA) is 37.3 Å². The van der Waals surface area contributed by atoms with Gasteiger partial charge in [0, 0.05) is 41.3 Å². The average molecular weight is 478 g/mol. The minimum Gasteiger partial charge on any atom is -0.319 e. The first-order valence-electron chi connectivity index (χ1n) is 11.0. The Balaban J connectivity index is 1.79. The van der Waals surface area contributed by atoms with E-state index in [-0.39, 0.29) is 6.54 Å².